The van der Waals surface area contributed by atoms with Gasteiger partial charge in [-0.2, -0.15) is 0 Å². The Hall–Kier alpha value is -1.37. The fraction of sp³-hybridized carbons (Fsp3) is 0. The van der Waals surface area contributed by atoms with Crippen molar-refractivity contribution in [3.63, 3.8) is 0 Å². The van der Waals surface area contributed by atoms with E-state index in [1.165, 1.54) is 0 Å². The Labute approximate surface area is 157 Å². The Morgan fingerprint density at radius 2 is 1.65 bits per heavy atom. The molecule has 0 radical (unpaired) electrons. The third-order valence-corrected chi connectivity index (χ3v) is 5.84. The molecule has 6 heteroatoms. The van der Waals surface area contributed by atoms with E-state index >= 15 is 0 Å². The summed E-state index contributed by atoms with van der Waals surface area (Å²) in [6.07, 6.45) is 0. The molecular weight excluding hydrogens is 488 g/mol. The van der Waals surface area contributed by atoms with Crippen molar-refractivity contribution >= 4 is 75.3 Å². The highest BCUT2D eigenvalue weighted by molar-refractivity contribution is 9.11. The summed E-state index contributed by atoms with van der Waals surface area (Å²) in [6, 6.07) is 14.0. The van der Waals surface area contributed by atoms with Crippen molar-refractivity contribution in [1.82, 2.24) is 4.98 Å². The molecule has 0 unspecified atom stereocenters. The molecule has 0 saturated carbocycles. The zero-order valence-electron chi connectivity index (χ0n) is 11.6. The molecule has 3 nitrogen and oxygen atoms in total. The van der Waals surface area contributed by atoms with Gasteiger partial charge < -0.3 is 10.2 Å². The van der Waals surface area contributed by atoms with Crippen LogP contribution in [0.3, 0.4) is 0 Å². The molecule has 114 valence electrons. The summed E-state index contributed by atoms with van der Waals surface area (Å²) in [7, 11) is 0. The molecule has 0 spiro atoms. The van der Waals surface area contributed by atoms with Crippen molar-refractivity contribution < 1.29 is 4.42 Å². The number of hydrogen-bond donors (Lipinski definition) is 1. The highest BCUT2D eigenvalue weighted by Gasteiger charge is 2.16. The Morgan fingerprint density at radius 3 is 2.48 bits per heavy atom. The molecule has 0 atom stereocenters. The van der Waals surface area contributed by atoms with Crippen LogP contribution >= 0.6 is 47.8 Å². The second-order valence-electron chi connectivity index (χ2n) is 5.09. The van der Waals surface area contributed by atoms with Gasteiger partial charge in [0, 0.05) is 14.5 Å². The van der Waals surface area contributed by atoms with E-state index in [4.69, 9.17) is 10.2 Å². The van der Waals surface area contributed by atoms with Gasteiger partial charge in [-0.25, -0.2) is 4.98 Å². The third kappa shape index (κ3) is 2.40. The van der Waals surface area contributed by atoms with E-state index in [9.17, 15) is 0 Å². The molecule has 0 fully saturated rings. The van der Waals surface area contributed by atoms with Crippen molar-refractivity contribution in [3.05, 3.63) is 55.9 Å². The monoisotopic (exact) mass is 494 g/mol. The Balaban J connectivity index is 2.04. The van der Waals surface area contributed by atoms with Crippen LogP contribution in [0.25, 0.3) is 33.3 Å². The van der Waals surface area contributed by atoms with E-state index in [1.807, 2.05) is 30.3 Å². The highest BCUT2D eigenvalue weighted by Crippen LogP contribution is 2.39. The van der Waals surface area contributed by atoms with Gasteiger partial charge >= 0.3 is 0 Å². The van der Waals surface area contributed by atoms with Crippen LogP contribution in [-0.2, 0) is 0 Å². The van der Waals surface area contributed by atoms with Gasteiger partial charge in [-0.05, 0) is 60.8 Å². The van der Waals surface area contributed by atoms with Crippen LogP contribution in [0.1, 0.15) is 0 Å². The van der Waals surface area contributed by atoms with Gasteiger partial charge in [0.25, 0.3) is 0 Å². The number of rotatable bonds is 1. The number of anilines is 1. The standard InChI is InChI=1S/C17H9Br3N2O/c18-11-6-2-3-8-9(11)4-1-5-10(8)17-22-13-7-12(19)15(21)14(20)16(13)23-17/h1-7H,21H2. The molecule has 0 aliphatic rings. The molecule has 1 aromatic heterocycles. The van der Waals surface area contributed by atoms with Gasteiger partial charge in [0.15, 0.2) is 5.58 Å². The lowest BCUT2D eigenvalue weighted by Gasteiger charge is -2.04. The molecule has 3 aromatic carbocycles. The maximum atomic E-state index is 6.02. The Morgan fingerprint density at radius 1 is 0.913 bits per heavy atom. The fourth-order valence-electron chi connectivity index (χ4n) is 2.59. The third-order valence-electron chi connectivity index (χ3n) is 3.71. The quantitative estimate of drug-likeness (QED) is 0.305. The number of nitrogens with two attached hydrogens (primary N) is 1. The van der Waals surface area contributed by atoms with Crippen LogP contribution in [0, 0.1) is 0 Å². The van der Waals surface area contributed by atoms with Crippen molar-refractivity contribution in [2.75, 3.05) is 5.73 Å². The average molecular weight is 497 g/mol. The summed E-state index contributed by atoms with van der Waals surface area (Å²) in [5.41, 5.74) is 8.96. The summed E-state index contributed by atoms with van der Waals surface area (Å²) in [5, 5.41) is 2.20. The predicted octanol–water partition coefficient (Wildman–Crippen LogP) is 6.52. The van der Waals surface area contributed by atoms with E-state index in [-0.39, 0.29) is 0 Å². The van der Waals surface area contributed by atoms with Crippen molar-refractivity contribution in [2.45, 2.75) is 0 Å². The van der Waals surface area contributed by atoms with E-state index < -0.39 is 0 Å². The number of nitrogens with zero attached hydrogens (tertiary/aromatic N) is 1. The van der Waals surface area contributed by atoms with Crippen molar-refractivity contribution in [3.8, 4) is 11.5 Å². The minimum Gasteiger partial charge on any atom is -0.435 e. The number of nitrogen functional groups attached to an aromatic ring is 1. The van der Waals surface area contributed by atoms with Crippen LogP contribution in [0.5, 0.6) is 0 Å². The molecule has 0 amide bonds. The number of fused-ring (bicyclic) bond motifs is 2. The van der Waals surface area contributed by atoms with E-state index in [0.29, 0.717) is 21.6 Å². The van der Waals surface area contributed by atoms with E-state index in [0.717, 1.165) is 30.8 Å². The largest absolute Gasteiger partial charge is 0.435 e. The summed E-state index contributed by atoms with van der Waals surface area (Å²) >= 11 is 10.5. The average Bonchev–Trinajstić information content (AvgIpc) is 2.96. The second kappa shape index (κ2) is 5.61. The van der Waals surface area contributed by atoms with Gasteiger partial charge in [0.1, 0.15) is 5.52 Å². The number of halogens is 3. The first kappa shape index (κ1) is 15.2. The summed E-state index contributed by atoms with van der Waals surface area (Å²) in [4.78, 5) is 4.63. The number of benzene rings is 3. The van der Waals surface area contributed by atoms with Crippen LogP contribution in [0.15, 0.2) is 60.3 Å². The first-order valence-corrected chi connectivity index (χ1v) is 9.16. The van der Waals surface area contributed by atoms with Crippen LogP contribution in [0.2, 0.25) is 0 Å². The van der Waals surface area contributed by atoms with E-state index in [2.05, 4.69) is 64.9 Å². The second-order valence-corrected chi connectivity index (χ2v) is 7.60. The molecule has 1 heterocycles. The minimum atomic E-state index is 0.571. The number of hydrogen-bond acceptors (Lipinski definition) is 3. The van der Waals surface area contributed by atoms with Gasteiger partial charge in [-0.3, -0.25) is 0 Å². The lowest BCUT2D eigenvalue weighted by molar-refractivity contribution is 0.619. The molecule has 4 aromatic rings. The van der Waals surface area contributed by atoms with Crippen molar-refractivity contribution in [2.24, 2.45) is 0 Å². The Kier molecular flexibility index (Phi) is 3.70. The Bertz CT molecular complexity index is 1070. The van der Waals surface area contributed by atoms with E-state index in [1.54, 1.807) is 0 Å². The molecular formula is C17H9Br3N2O. The van der Waals surface area contributed by atoms with Crippen LogP contribution in [-0.4, -0.2) is 4.98 Å². The molecule has 23 heavy (non-hydrogen) atoms. The van der Waals surface area contributed by atoms with Gasteiger partial charge in [-0.1, -0.05) is 40.2 Å². The molecule has 0 saturated heterocycles. The lowest BCUT2D eigenvalue weighted by atomic mass is 10.0. The SMILES string of the molecule is Nc1c(Br)cc2nc(-c3cccc4c(Br)cccc34)oc2c1Br. The smallest absolute Gasteiger partial charge is 0.228 e. The van der Waals surface area contributed by atoms with Gasteiger partial charge in [-0.15, -0.1) is 0 Å². The number of aromatic nitrogens is 1. The molecule has 0 bridgehead atoms. The first-order chi connectivity index (χ1) is 11.1. The molecule has 0 aliphatic carbocycles. The summed E-state index contributed by atoms with van der Waals surface area (Å²) in [6.45, 7) is 0. The zero-order chi connectivity index (χ0) is 16.1. The molecule has 4 rings (SSSR count). The maximum absolute atomic E-state index is 6.02. The summed E-state index contributed by atoms with van der Waals surface area (Å²) < 4.78 is 8.54. The lowest BCUT2D eigenvalue weighted by Crippen LogP contribution is -1.88. The summed E-state index contributed by atoms with van der Waals surface area (Å²) in [5.74, 6) is 0.571. The molecule has 2 N–H and O–H groups in total. The normalized spacial score (nSPS) is 11.4. The highest BCUT2D eigenvalue weighted by atomic mass is 79.9. The number of oxazole rings is 1. The zero-order valence-corrected chi connectivity index (χ0v) is 16.4. The topological polar surface area (TPSA) is 52.0 Å². The first-order valence-electron chi connectivity index (χ1n) is 6.78. The minimum absolute atomic E-state index is 0.571. The van der Waals surface area contributed by atoms with Gasteiger partial charge in [0.05, 0.1) is 10.2 Å². The molecule has 0 aliphatic heterocycles. The predicted molar refractivity (Wildman–Crippen MR) is 104 cm³/mol. The van der Waals surface area contributed by atoms with Crippen LogP contribution in [0.4, 0.5) is 5.69 Å². The van der Waals surface area contributed by atoms with Crippen LogP contribution < -0.4 is 5.73 Å². The fourth-order valence-corrected chi connectivity index (χ4v) is 4.26. The van der Waals surface area contributed by atoms with Gasteiger partial charge in [0.2, 0.25) is 5.89 Å². The van der Waals surface area contributed by atoms with Crippen molar-refractivity contribution in [1.29, 1.82) is 0 Å². The maximum Gasteiger partial charge on any atom is 0.228 e.